The minimum atomic E-state index is 0.891. The molecule has 90 valence electrons. The molecule has 0 heteroatoms. The lowest BCUT2D eigenvalue weighted by molar-refractivity contribution is 0.229. The van der Waals surface area contributed by atoms with E-state index in [1.165, 1.54) is 57.8 Å². The minimum absolute atomic E-state index is 0.891. The quantitative estimate of drug-likeness (QED) is 0.505. The maximum Gasteiger partial charge on any atom is -0.0141 e. The molecule has 0 amide bonds. The molecule has 0 aromatic carbocycles. The first kappa shape index (κ1) is 10.9. The zero-order chi connectivity index (χ0) is 11.0. The van der Waals surface area contributed by atoms with Gasteiger partial charge in [0.1, 0.15) is 0 Å². The van der Waals surface area contributed by atoms with E-state index in [0.717, 1.165) is 23.7 Å². The Bertz CT molecular complexity index is 276. The molecule has 0 aliphatic heterocycles. The summed E-state index contributed by atoms with van der Waals surface area (Å²) < 4.78 is 0. The van der Waals surface area contributed by atoms with E-state index >= 15 is 0 Å². The predicted octanol–water partition coefficient (Wildman–Crippen LogP) is 4.95. The van der Waals surface area contributed by atoms with Gasteiger partial charge in [-0.1, -0.05) is 50.7 Å². The topological polar surface area (TPSA) is 0 Å². The third-order valence-electron chi connectivity index (χ3n) is 5.47. The molecule has 0 N–H and O–H groups in total. The molecular formula is C16H26. The maximum atomic E-state index is 2.65. The molecule has 3 unspecified atom stereocenters. The first-order valence-electron chi connectivity index (χ1n) is 7.57. The highest BCUT2D eigenvalue weighted by molar-refractivity contribution is 5.23. The van der Waals surface area contributed by atoms with Crippen LogP contribution < -0.4 is 0 Å². The minimum Gasteiger partial charge on any atom is -0.0819 e. The molecule has 2 fully saturated rings. The van der Waals surface area contributed by atoms with Crippen molar-refractivity contribution >= 4 is 0 Å². The zero-order valence-electron chi connectivity index (χ0n) is 10.8. The van der Waals surface area contributed by atoms with E-state index in [-0.39, 0.29) is 0 Å². The van der Waals surface area contributed by atoms with E-state index in [4.69, 9.17) is 0 Å². The Morgan fingerprint density at radius 3 is 2.56 bits per heavy atom. The third-order valence-corrected chi connectivity index (χ3v) is 5.47. The van der Waals surface area contributed by atoms with Crippen LogP contribution in [0.15, 0.2) is 11.6 Å². The van der Waals surface area contributed by atoms with Crippen molar-refractivity contribution in [3.63, 3.8) is 0 Å². The molecule has 0 radical (unpaired) electrons. The summed E-state index contributed by atoms with van der Waals surface area (Å²) >= 11 is 0. The van der Waals surface area contributed by atoms with Crippen LogP contribution in [0.3, 0.4) is 0 Å². The molecular weight excluding hydrogens is 192 g/mol. The van der Waals surface area contributed by atoms with E-state index in [2.05, 4.69) is 13.0 Å². The van der Waals surface area contributed by atoms with Gasteiger partial charge in [-0.25, -0.2) is 0 Å². The van der Waals surface area contributed by atoms with Gasteiger partial charge < -0.3 is 0 Å². The second-order valence-corrected chi connectivity index (χ2v) is 6.43. The molecule has 4 atom stereocenters. The van der Waals surface area contributed by atoms with Gasteiger partial charge in [-0.3, -0.25) is 0 Å². The average molecular weight is 218 g/mol. The van der Waals surface area contributed by atoms with Gasteiger partial charge in [-0.05, 0) is 49.4 Å². The maximum absolute atomic E-state index is 2.65. The van der Waals surface area contributed by atoms with Crippen molar-refractivity contribution in [2.75, 3.05) is 0 Å². The van der Waals surface area contributed by atoms with E-state index in [9.17, 15) is 0 Å². The van der Waals surface area contributed by atoms with Crippen LogP contribution in [0.25, 0.3) is 0 Å². The Hall–Kier alpha value is -0.260. The van der Waals surface area contributed by atoms with E-state index < -0.39 is 0 Å². The summed E-state index contributed by atoms with van der Waals surface area (Å²) in [5.41, 5.74) is 1.86. The number of allylic oxidation sites excluding steroid dienone is 2. The normalized spacial score (nSPS) is 43.9. The van der Waals surface area contributed by atoms with Crippen molar-refractivity contribution in [1.29, 1.82) is 0 Å². The predicted molar refractivity (Wildman–Crippen MR) is 69.3 cm³/mol. The van der Waals surface area contributed by atoms with Crippen LogP contribution in [-0.2, 0) is 0 Å². The SMILES string of the molecule is CC1C=C2CC[C@H]3CCCCCCCC1C23. The van der Waals surface area contributed by atoms with Crippen LogP contribution in [-0.4, -0.2) is 0 Å². The molecule has 0 aromatic rings. The van der Waals surface area contributed by atoms with Gasteiger partial charge >= 0.3 is 0 Å². The molecule has 3 aliphatic rings. The number of rotatable bonds is 0. The van der Waals surface area contributed by atoms with Gasteiger partial charge in [0.15, 0.2) is 0 Å². The van der Waals surface area contributed by atoms with E-state index in [1.807, 2.05) is 5.57 Å². The second kappa shape index (κ2) is 4.55. The molecule has 3 aliphatic carbocycles. The van der Waals surface area contributed by atoms with Gasteiger partial charge in [0.25, 0.3) is 0 Å². The van der Waals surface area contributed by atoms with Crippen molar-refractivity contribution in [3.05, 3.63) is 11.6 Å². The van der Waals surface area contributed by atoms with Crippen molar-refractivity contribution in [3.8, 4) is 0 Å². The van der Waals surface area contributed by atoms with Crippen LogP contribution in [0.4, 0.5) is 0 Å². The van der Waals surface area contributed by atoms with Crippen LogP contribution in [0.2, 0.25) is 0 Å². The second-order valence-electron chi connectivity index (χ2n) is 6.43. The molecule has 2 saturated carbocycles. The monoisotopic (exact) mass is 218 g/mol. The number of hydrogen-bond donors (Lipinski definition) is 0. The molecule has 0 saturated heterocycles. The summed E-state index contributed by atoms with van der Waals surface area (Å²) in [7, 11) is 0. The molecule has 0 nitrogen and oxygen atoms in total. The Kier molecular flexibility index (Phi) is 3.09. The largest absolute Gasteiger partial charge is 0.0819 e. The van der Waals surface area contributed by atoms with Crippen LogP contribution in [0.5, 0.6) is 0 Å². The van der Waals surface area contributed by atoms with Gasteiger partial charge in [-0.2, -0.15) is 0 Å². The Labute approximate surface area is 101 Å². The standard InChI is InChI=1S/C16H26/c1-12-11-14-10-9-13-7-5-3-2-4-6-8-15(12)16(13)14/h11-13,15-16H,2-10H2,1H3/t12?,13-,15?,16?/m1/s1. The highest BCUT2D eigenvalue weighted by atomic mass is 14.5. The Morgan fingerprint density at radius 2 is 1.69 bits per heavy atom. The first-order valence-corrected chi connectivity index (χ1v) is 7.57. The summed E-state index contributed by atoms with van der Waals surface area (Å²) in [5.74, 6) is 4.01. The molecule has 16 heavy (non-hydrogen) atoms. The van der Waals surface area contributed by atoms with E-state index in [0.29, 0.717) is 0 Å². The summed E-state index contributed by atoms with van der Waals surface area (Å²) in [6, 6.07) is 0. The van der Waals surface area contributed by atoms with Gasteiger partial charge in [-0.15, -0.1) is 0 Å². The lowest BCUT2D eigenvalue weighted by atomic mass is 9.76. The fourth-order valence-electron chi connectivity index (χ4n) is 4.69. The van der Waals surface area contributed by atoms with Crippen LogP contribution in [0, 0.1) is 23.7 Å². The average Bonchev–Trinajstić information content (AvgIpc) is 2.80. The molecule has 0 spiro atoms. The summed E-state index contributed by atoms with van der Waals surface area (Å²) in [4.78, 5) is 0. The fourth-order valence-corrected chi connectivity index (χ4v) is 4.69. The van der Waals surface area contributed by atoms with Gasteiger partial charge in [0, 0.05) is 0 Å². The molecule has 0 heterocycles. The third kappa shape index (κ3) is 1.85. The smallest absolute Gasteiger partial charge is 0.0141 e. The number of hydrogen-bond acceptors (Lipinski definition) is 0. The molecule has 3 rings (SSSR count). The Morgan fingerprint density at radius 1 is 0.938 bits per heavy atom. The summed E-state index contributed by atoms with van der Waals surface area (Å²) in [6.07, 6.45) is 16.2. The van der Waals surface area contributed by atoms with Crippen molar-refractivity contribution in [2.24, 2.45) is 23.7 Å². The highest BCUT2D eigenvalue weighted by Crippen LogP contribution is 2.52. The van der Waals surface area contributed by atoms with Gasteiger partial charge in [0.05, 0.1) is 0 Å². The molecule has 0 aromatic heterocycles. The van der Waals surface area contributed by atoms with Crippen molar-refractivity contribution in [2.45, 2.75) is 64.7 Å². The summed E-state index contributed by atoms with van der Waals surface area (Å²) in [5, 5.41) is 0. The van der Waals surface area contributed by atoms with Gasteiger partial charge in [0.2, 0.25) is 0 Å². The summed E-state index contributed by atoms with van der Waals surface area (Å²) in [6.45, 7) is 2.47. The lowest BCUT2D eigenvalue weighted by Crippen LogP contribution is -2.21. The van der Waals surface area contributed by atoms with Crippen LogP contribution in [0.1, 0.15) is 64.7 Å². The molecule has 0 bridgehead atoms. The highest BCUT2D eigenvalue weighted by Gasteiger charge is 2.42. The fraction of sp³-hybridized carbons (Fsp3) is 0.875. The van der Waals surface area contributed by atoms with Crippen molar-refractivity contribution < 1.29 is 0 Å². The lowest BCUT2D eigenvalue weighted by Gasteiger charge is -2.29. The van der Waals surface area contributed by atoms with Crippen molar-refractivity contribution in [1.82, 2.24) is 0 Å². The Balaban J connectivity index is 1.78. The van der Waals surface area contributed by atoms with Crippen LogP contribution >= 0.6 is 0 Å². The zero-order valence-corrected chi connectivity index (χ0v) is 10.8. The first-order chi connectivity index (χ1) is 7.86. The van der Waals surface area contributed by atoms with E-state index in [1.54, 1.807) is 0 Å².